The van der Waals surface area contributed by atoms with Crippen LogP contribution in [0.15, 0.2) is 188 Å². The number of rotatable bonds is 22. The van der Waals surface area contributed by atoms with Gasteiger partial charge >= 0.3 is 5.97 Å². The molecule has 0 aliphatic carbocycles. The lowest BCUT2D eigenvalue weighted by atomic mass is 9.70. The van der Waals surface area contributed by atoms with Crippen molar-refractivity contribution >= 4 is 50.8 Å². The summed E-state index contributed by atoms with van der Waals surface area (Å²) in [7, 11) is 3.88. The average Bonchev–Trinajstić information content (AvgIpc) is 3.37. The van der Waals surface area contributed by atoms with E-state index in [-0.39, 0.29) is 5.97 Å². The lowest BCUT2D eigenvalue weighted by Crippen LogP contribution is -2.38. The molecule has 0 saturated heterocycles. The van der Waals surface area contributed by atoms with Crippen LogP contribution < -0.4 is 20.7 Å². The predicted molar refractivity (Wildman–Crippen MR) is 280 cm³/mol. The average molecular weight is 908 g/mol. The van der Waals surface area contributed by atoms with Crippen LogP contribution >= 0.6 is 7.26 Å². The Morgan fingerprint density at radius 3 is 1.91 bits per heavy atom. The Morgan fingerprint density at radius 2 is 1.27 bits per heavy atom. The number of esters is 1. The first-order chi connectivity index (χ1) is 32.8. The summed E-state index contributed by atoms with van der Waals surface area (Å²) < 4.78 is 11.8. The number of aliphatic hydroxyl groups is 1. The monoisotopic (exact) mass is 907 g/mol. The van der Waals surface area contributed by atoms with Crippen LogP contribution in [0, 0.1) is 0 Å². The van der Waals surface area contributed by atoms with E-state index < -0.39 is 18.8 Å². The molecule has 1 aromatic heterocycles. The van der Waals surface area contributed by atoms with Gasteiger partial charge in [0.2, 0.25) is 5.88 Å². The smallest absolute Gasteiger partial charge is 0.305 e. The Bertz CT molecular complexity index is 2720. The zero-order valence-electron chi connectivity index (χ0n) is 39.3. The quantitative estimate of drug-likeness (QED) is 0.0415. The van der Waals surface area contributed by atoms with Crippen molar-refractivity contribution in [3.05, 3.63) is 210 Å². The van der Waals surface area contributed by atoms with Gasteiger partial charge in [-0.15, -0.1) is 0 Å². The number of carbonyl (C=O) groups is 1. The van der Waals surface area contributed by atoms with Gasteiger partial charge in [0.1, 0.15) is 28.8 Å². The number of benzene rings is 7. The van der Waals surface area contributed by atoms with E-state index in [1.807, 2.05) is 50.5 Å². The summed E-state index contributed by atoms with van der Waals surface area (Å²) in [6.45, 7) is 1.09. The molecule has 0 aliphatic heterocycles. The normalized spacial score (nSPS) is 13.1. The first kappa shape index (κ1) is 47.3. The van der Waals surface area contributed by atoms with Crippen molar-refractivity contribution in [2.45, 2.75) is 62.9 Å². The molecule has 0 bridgehead atoms. The molecule has 7 heteroatoms. The second kappa shape index (κ2) is 22.5. The maximum absolute atomic E-state index is 13.4. The standard InChI is InChI=1S/C60H64N2O4P/c1-62(2)41-40-60(64,55-36-23-28-47-25-18-19-35-53(47)55)58(48-26-9-4-10-27-48)54-45-49-44-46(38-39-56(49)61-59(54)65-3)24-20-21-42-66-57(63)37-17-8-22-43-67(50-29-11-5-12-30-50,51-31-13-6-14-32-51)52-33-15-7-16-34-52/h4-7,9-16,18-19,23,25-36,38-39,44-45,58,64H,8,17,20-22,24,37,40-43H2,1-3H3/q+1. The first-order valence-corrected chi connectivity index (χ1v) is 25.9. The van der Waals surface area contributed by atoms with Crippen LogP contribution in [0.25, 0.3) is 21.7 Å². The van der Waals surface area contributed by atoms with E-state index in [0.29, 0.717) is 31.9 Å². The zero-order chi connectivity index (χ0) is 46.5. The molecule has 1 heterocycles. The van der Waals surface area contributed by atoms with E-state index in [2.05, 4.69) is 157 Å². The Morgan fingerprint density at radius 1 is 0.657 bits per heavy atom. The van der Waals surface area contributed by atoms with Gasteiger partial charge in [0.25, 0.3) is 0 Å². The number of fused-ring (bicyclic) bond motifs is 2. The number of pyridine rings is 1. The van der Waals surface area contributed by atoms with Crippen LogP contribution in [-0.2, 0) is 21.6 Å². The first-order valence-electron chi connectivity index (χ1n) is 23.9. The molecule has 2 atom stereocenters. The highest BCUT2D eigenvalue weighted by Gasteiger charge is 2.45. The number of aryl methyl sites for hydroxylation is 1. The molecular formula is C60H64N2O4P+. The van der Waals surface area contributed by atoms with Crippen molar-refractivity contribution in [3.8, 4) is 5.88 Å². The predicted octanol–water partition coefficient (Wildman–Crippen LogP) is 11.8. The molecule has 8 rings (SSSR count). The van der Waals surface area contributed by atoms with Crippen molar-refractivity contribution in [1.82, 2.24) is 9.88 Å². The van der Waals surface area contributed by atoms with Crippen molar-refractivity contribution in [3.63, 3.8) is 0 Å². The maximum atomic E-state index is 13.4. The zero-order valence-corrected chi connectivity index (χ0v) is 40.2. The molecular weight excluding hydrogens is 844 g/mol. The Hall–Kier alpha value is -6.17. The van der Waals surface area contributed by atoms with E-state index in [4.69, 9.17) is 14.5 Å². The third kappa shape index (κ3) is 11.0. The van der Waals surface area contributed by atoms with E-state index in [0.717, 1.165) is 83.1 Å². The van der Waals surface area contributed by atoms with Crippen molar-refractivity contribution in [1.29, 1.82) is 0 Å². The molecule has 0 spiro atoms. The third-order valence-corrected chi connectivity index (χ3v) is 17.8. The van der Waals surface area contributed by atoms with Crippen LogP contribution in [0.1, 0.15) is 73.1 Å². The summed E-state index contributed by atoms with van der Waals surface area (Å²) in [5.74, 6) is -0.103. The Labute approximate surface area is 398 Å². The van der Waals surface area contributed by atoms with Gasteiger partial charge in [-0.3, -0.25) is 4.79 Å². The van der Waals surface area contributed by atoms with Gasteiger partial charge < -0.3 is 19.5 Å². The number of hydrogen-bond donors (Lipinski definition) is 1. The minimum Gasteiger partial charge on any atom is -0.481 e. The summed E-state index contributed by atoms with van der Waals surface area (Å²) in [6, 6.07) is 66.3. The van der Waals surface area contributed by atoms with Gasteiger partial charge in [-0.05, 0) is 141 Å². The molecule has 8 aromatic rings. The molecule has 67 heavy (non-hydrogen) atoms. The van der Waals surface area contributed by atoms with Gasteiger partial charge in [-0.2, -0.15) is 0 Å². The number of aromatic nitrogens is 1. The topological polar surface area (TPSA) is 71.9 Å². The number of methoxy groups -OCH3 is 1. The minimum atomic E-state index is -1.87. The van der Waals surface area contributed by atoms with E-state index >= 15 is 0 Å². The lowest BCUT2D eigenvalue weighted by molar-refractivity contribution is -0.143. The SMILES string of the molecule is COc1nc2ccc(CCCCOC(=O)CCCCC[P+](c3ccccc3)(c3ccccc3)c3ccccc3)cc2cc1C(c1ccccc1)C(O)(CCN(C)C)c1cccc2ccccc12. The highest BCUT2D eigenvalue weighted by molar-refractivity contribution is 7.95. The van der Waals surface area contributed by atoms with Crippen molar-refractivity contribution < 1.29 is 19.4 Å². The minimum absolute atomic E-state index is 0.115. The van der Waals surface area contributed by atoms with Gasteiger partial charge in [0.15, 0.2) is 0 Å². The summed E-state index contributed by atoms with van der Waals surface area (Å²) in [5, 5.41) is 20.7. The molecule has 0 fully saturated rings. The summed E-state index contributed by atoms with van der Waals surface area (Å²) in [4.78, 5) is 20.1. The fourth-order valence-corrected chi connectivity index (χ4v) is 14.3. The number of carbonyl (C=O) groups excluding carboxylic acids is 1. The molecule has 0 amide bonds. The van der Waals surface area contributed by atoms with E-state index in [9.17, 15) is 9.90 Å². The summed E-state index contributed by atoms with van der Waals surface area (Å²) in [5.41, 5.74) is 3.41. The highest BCUT2D eigenvalue weighted by Crippen LogP contribution is 2.56. The molecule has 2 unspecified atom stereocenters. The van der Waals surface area contributed by atoms with Crippen LogP contribution in [0.3, 0.4) is 0 Å². The lowest BCUT2D eigenvalue weighted by Gasteiger charge is -2.39. The van der Waals surface area contributed by atoms with Crippen molar-refractivity contribution in [2.75, 3.05) is 40.5 Å². The molecule has 6 nitrogen and oxygen atoms in total. The van der Waals surface area contributed by atoms with Gasteiger partial charge in [0, 0.05) is 29.8 Å². The van der Waals surface area contributed by atoms with E-state index in [1.165, 1.54) is 21.5 Å². The Balaban J connectivity index is 0.915. The number of hydrogen-bond acceptors (Lipinski definition) is 6. The fourth-order valence-electron chi connectivity index (χ4n) is 9.91. The van der Waals surface area contributed by atoms with Gasteiger partial charge in [0.05, 0.1) is 25.4 Å². The summed E-state index contributed by atoms with van der Waals surface area (Å²) >= 11 is 0. The van der Waals surface area contributed by atoms with Gasteiger partial charge in [-0.25, -0.2) is 4.98 Å². The van der Waals surface area contributed by atoms with E-state index in [1.54, 1.807) is 7.11 Å². The number of nitrogens with zero attached hydrogens (tertiary/aromatic N) is 2. The van der Waals surface area contributed by atoms with Crippen LogP contribution in [0.5, 0.6) is 5.88 Å². The molecule has 7 aromatic carbocycles. The van der Waals surface area contributed by atoms with Crippen molar-refractivity contribution in [2.24, 2.45) is 0 Å². The van der Waals surface area contributed by atoms with Gasteiger partial charge in [-0.1, -0.05) is 133 Å². The number of ether oxygens (including phenoxy) is 2. The highest BCUT2D eigenvalue weighted by atomic mass is 31.2. The molecule has 0 radical (unpaired) electrons. The largest absolute Gasteiger partial charge is 0.481 e. The van der Waals surface area contributed by atoms with Crippen LogP contribution in [-0.4, -0.2) is 61.5 Å². The van der Waals surface area contributed by atoms with Crippen LogP contribution in [0.2, 0.25) is 0 Å². The third-order valence-electron chi connectivity index (χ3n) is 13.3. The fraction of sp³-hybridized carbons (Fsp3) is 0.267. The number of unbranched alkanes of at least 4 members (excludes halogenated alkanes) is 3. The molecule has 0 aliphatic rings. The van der Waals surface area contributed by atoms with Crippen LogP contribution in [0.4, 0.5) is 0 Å². The maximum Gasteiger partial charge on any atom is 0.305 e. The Kier molecular flexibility index (Phi) is 15.9. The second-order valence-corrected chi connectivity index (χ2v) is 21.6. The second-order valence-electron chi connectivity index (χ2n) is 18.0. The molecule has 342 valence electrons. The molecule has 0 saturated carbocycles. The molecule has 1 N–H and O–H groups in total. The summed E-state index contributed by atoms with van der Waals surface area (Å²) in [6.07, 6.45) is 7.31.